The number of nitrogens with zero attached hydrogens (tertiary/aromatic N) is 1. The molecule has 2 aliphatic rings. The van der Waals surface area contributed by atoms with E-state index in [0.29, 0.717) is 50.8 Å². The topological polar surface area (TPSA) is 77.1 Å². The largest absolute Gasteiger partial charge is 0.573 e. The number of nitrogens with one attached hydrogen (secondary N) is 1. The van der Waals surface area contributed by atoms with Crippen molar-refractivity contribution in [2.24, 2.45) is 0 Å². The van der Waals surface area contributed by atoms with E-state index < -0.39 is 22.1 Å². The number of hydrogen-bond acceptors (Lipinski definition) is 6. The first-order valence-electron chi connectivity index (χ1n) is 9.67. The molecular formula is C20H21F3N2O5S. The van der Waals surface area contributed by atoms with Gasteiger partial charge in [-0.2, -0.15) is 0 Å². The highest BCUT2D eigenvalue weighted by atomic mass is 32.2. The van der Waals surface area contributed by atoms with Crippen molar-refractivity contribution in [3.63, 3.8) is 0 Å². The summed E-state index contributed by atoms with van der Waals surface area (Å²) in [5, 5.41) is 0. The SMILES string of the molecule is O=S(=O)(N[C@@H]1CCN(Cc2ccc3c(c2)OCCO3)C1)c1cccc(OC(F)(F)F)c1. The summed E-state index contributed by atoms with van der Waals surface area (Å²) in [6.07, 6.45) is -4.31. The molecule has 1 N–H and O–H groups in total. The van der Waals surface area contributed by atoms with Crippen molar-refractivity contribution in [1.29, 1.82) is 0 Å². The quantitative estimate of drug-likeness (QED) is 0.718. The van der Waals surface area contributed by atoms with Gasteiger partial charge in [-0.1, -0.05) is 12.1 Å². The van der Waals surface area contributed by atoms with Gasteiger partial charge in [0.05, 0.1) is 4.90 Å². The van der Waals surface area contributed by atoms with E-state index in [4.69, 9.17) is 9.47 Å². The molecule has 0 aliphatic carbocycles. The Morgan fingerprint density at radius 2 is 1.87 bits per heavy atom. The Bertz CT molecular complexity index is 1050. The number of ether oxygens (including phenoxy) is 3. The molecule has 11 heteroatoms. The number of hydrogen-bond donors (Lipinski definition) is 1. The summed E-state index contributed by atoms with van der Waals surface area (Å²) in [4.78, 5) is 1.82. The monoisotopic (exact) mass is 458 g/mol. The second kappa shape index (κ2) is 8.56. The molecule has 2 heterocycles. The lowest BCUT2D eigenvalue weighted by Gasteiger charge is -2.21. The minimum Gasteiger partial charge on any atom is -0.486 e. The highest BCUT2D eigenvalue weighted by molar-refractivity contribution is 7.89. The molecule has 2 aliphatic heterocycles. The number of fused-ring (bicyclic) bond motifs is 1. The predicted molar refractivity (Wildman–Crippen MR) is 105 cm³/mol. The van der Waals surface area contributed by atoms with Crippen LogP contribution < -0.4 is 18.9 Å². The molecule has 7 nitrogen and oxygen atoms in total. The van der Waals surface area contributed by atoms with Crippen molar-refractivity contribution in [1.82, 2.24) is 9.62 Å². The average Bonchev–Trinajstić information content (AvgIpc) is 3.13. The van der Waals surface area contributed by atoms with E-state index >= 15 is 0 Å². The molecule has 168 valence electrons. The van der Waals surface area contributed by atoms with E-state index in [1.54, 1.807) is 0 Å². The van der Waals surface area contributed by atoms with E-state index in [0.717, 1.165) is 17.7 Å². The number of halogens is 3. The van der Waals surface area contributed by atoms with Gasteiger partial charge in [-0.05, 0) is 36.2 Å². The first-order chi connectivity index (χ1) is 14.7. The Morgan fingerprint density at radius 1 is 1.10 bits per heavy atom. The molecule has 2 aromatic carbocycles. The summed E-state index contributed by atoms with van der Waals surface area (Å²) >= 11 is 0. The molecule has 0 bridgehead atoms. The van der Waals surface area contributed by atoms with Crippen molar-refractivity contribution in [2.45, 2.75) is 30.3 Å². The lowest BCUT2D eigenvalue weighted by molar-refractivity contribution is -0.274. The van der Waals surface area contributed by atoms with Crippen LogP contribution in [0.3, 0.4) is 0 Å². The Kier molecular flexibility index (Phi) is 6.00. The van der Waals surface area contributed by atoms with Gasteiger partial charge in [-0.15, -0.1) is 13.2 Å². The van der Waals surface area contributed by atoms with Crippen molar-refractivity contribution in [3.8, 4) is 17.2 Å². The molecule has 1 saturated heterocycles. The lowest BCUT2D eigenvalue weighted by Crippen LogP contribution is -2.37. The second-order valence-corrected chi connectivity index (χ2v) is 9.06. The molecule has 0 radical (unpaired) electrons. The minimum absolute atomic E-state index is 0.278. The van der Waals surface area contributed by atoms with Crippen LogP contribution in [0.25, 0.3) is 0 Å². The molecule has 0 spiro atoms. The summed E-state index contributed by atoms with van der Waals surface area (Å²) in [6, 6.07) is 9.71. The number of likely N-dealkylation sites (tertiary alicyclic amines) is 1. The van der Waals surface area contributed by atoms with Gasteiger partial charge in [0.25, 0.3) is 0 Å². The Balaban J connectivity index is 1.37. The van der Waals surface area contributed by atoms with Crippen LogP contribution in [0.4, 0.5) is 13.2 Å². The fourth-order valence-electron chi connectivity index (χ4n) is 3.64. The van der Waals surface area contributed by atoms with Crippen LogP contribution in [0.5, 0.6) is 17.2 Å². The Labute approximate surface area is 177 Å². The molecule has 0 amide bonds. The van der Waals surface area contributed by atoms with Gasteiger partial charge in [0.2, 0.25) is 10.0 Å². The average molecular weight is 458 g/mol. The second-order valence-electron chi connectivity index (χ2n) is 7.34. The molecular weight excluding hydrogens is 437 g/mol. The van der Waals surface area contributed by atoms with Gasteiger partial charge in [-0.3, -0.25) is 4.90 Å². The molecule has 0 aromatic heterocycles. The maximum absolute atomic E-state index is 12.6. The van der Waals surface area contributed by atoms with Crippen LogP contribution >= 0.6 is 0 Å². The van der Waals surface area contributed by atoms with Gasteiger partial charge in [0.15, 0.2) is 11.5 Å². The van der Waals surface area contributed by atoms with Gasteiger partial charge in [0.1, 0.15) is 19.0 Å². The number of alkyl halides is 3. The molecule has 1 fully saturated rings. The zero-order chi connectivity index (χ0) is 22.1. The molecule has 0 saturated carbocycles. The fraction of sp³-hybridized carbons (Fsp3) is 0.400. The van der Waals surface area contributed by atoms with Crippen LogP contribution in [0.1, 0.15) is 12.0 Å². The summed E-state index contributed by atoms with van der Waals surface area (Å²) in [6.45, 7) is 2.79. The summed E-state index contributed by atoms with van der Waals surface area (Å²) in [7, 11) is -3.99. The van der Waals surface area contributed by atoms with Crippen LogP contribution in [-0.2, 0) is 16.6 Å². The lowest BCUT2D eigenvalue weighted by atomic mass is 10.2. The highest BCUT2D eigenvalue weighted by Crippen LogP contribution is 2.31. The van der Waals surface area contributed by atoms with Gasteiger partial charge >= 0.3 is 6.36 Å². The Morgan fingerprint density at radius 3 is 2.65 bits per heavy atom. The third-order valence-electron chi connectivity index (χ3n) is 4.96. The van der Waals surface area contributed by atoms with Crippen LogP contribution in [0.15, 0.2) is 47.4 Å². The van der Waals surface area contributed by atoms with Crippen LogP contribution in [0, 0.1) is 0 Å². The van der Waals surface area contributed by atoms with Crippen molar-refractivity contribution in [2.75, 3.05) is 26.3 Å². The first kappa shape index (κ1) is 21.7. The van der Waals surface area contributed by atoms with E-state index in [1.165, 1.54) is 12.1 Å². The first-order valence-corrected chi connectivity index (χ1v) is 11.2. The minimum atomic E-state index is -4.89. The van der Waals surface area contributed by atoms with Gasteiger partial charge < -0.3 is 14.2 Å². The molecule has 2 aromatic rings. The van der Waals surface area contributed by atoms with Crippen LogP contribution in [0.2, 0.25) is 0 Å². The molecule has 31 heavy (non-hydrogen) atoms. The van der Waals surface area contributed by atoms with Gasteiger partial charge in [0, 0.05) is 31.7 Å². The maximum Gasteiger partial charge on any atom is 0.573 e. The molecule has 1 atom stereocenters. The normalized spacial score (nSPS) is 19.4. The predicted octanol–water partition coefficient (Wildman–Crippen LogP) is 2.91. The van der Waals surface area contributed by atoms with Gasteiger partial charge in [-0.25, -0.2) is 13.1 Å². The highest BCUT2D eigenvalue weighted by Gasteiger charge is 2.32. The van der Waals surface area contributed by atoms with Crippen LogP contribution in [-0.4, -0.2) is 52.0 Å². The van der Waals surface area contributed by atoms with Crippen molar-refractivity contribution < 1.29 is 35.8 Å². The van der Waals surface area contributed by atoms with E-state index in [2.05, 4.69) is 14.4 Å². The van der Waals surface area contributed by atoms with Crippen molar-refractivity contribution >= 4 is 10.0 Å². The standard InChI is InChI=1S/C20H21F3N2O5S/c21-20(22,23)30-16-2-1-3-17(11-16)31(26,27)24-15-6-7-25(13-15)12-14-4-5-18-19(10-14)29-9-8-28-18/h1-5,10-11,15,24H,6-9,12-13H2/t15-/m1/s1. The number of benzene rings is 2. The maximum atomic E-state index is 12.6. The third-order valence-corrected chi connectivity index (χ3v) is 6.47. The summed E-state index contributed by atoms with van der Waals surface area (Å²) in [5.41, 5.74) is 1.02. The fourth-order valence-corrected chi connectivity index (χ4v) is 4.94. The number of rotatable bonds is 6. The smallest absolute Gasteiger partial charge is 0.486 e. The van der Waals surface area contributed by atoms with E-state index in [-0.39, 0.29) is 10.9 Å². The zero-order valence-electron chi connectivity index (χ0n) is 16.4. The Hall–Kier alpha value is -2.50. The summed E-state index contributed by atoms with van der Waals surface area (Å²) in [5.74, 6) is 0.821. The summed E-state index contributed by atoms with van der Waals surface area (Å²) < 4.78 is 80.0. The molecule has 4 rings (SSSR count). The van der Waals surface area contributed by atoms with E-state index in [1.807, 2.05) is 18.2 Å². The number of sulfonamides is 1. The van der Waals surface area contributed by atoms with E-state index in [9.17, 15) is 21.6 Å². The third kappa shape index (κ3) is 5.60. The van der Waals surface area contributed by atoms with Crippen molar-refractivity contribution in [3.05, 3.63) is 48.0 Å². The molecule has 0 unspecified atom stereocenters. The zero-order valence-corrected chi connectivity index (χ0v) is 17.2.